The number of benzene rings is 4. The van der Waals surface area contributed by atoms with Gasteiger partial charge in [0.1, 0.15) is 23.1 Å². The number of carbonyl (C=O) groups is 1. The summed E-state index contributed by atoms with van der Waals surface area (Å²) >= 11 is 0. The Kier molecular flexibility index (Phi) is 5.91. The maximum atomic E-state index is 12.8. The number of para-hydroxylation sites is 1. The zero-order valence-electron chi connectivity index (χ0n) is 20.3. The second-order valence-electron chi connectivity index (χ2n) is 8.87. The largest absolute Gasteiger partial charge is 0.497 e. The molecule has 1 aliphatic heterocycles. The number of amides is 1. The third-order valence-corrected chi connectivity index (χ3v) is 6.47. The van der Waals surface area contributed by atoms with Gasteiger partial charge in [0.15, 0.2) is 0 Å². The Hall–Kier alpha value is -4.84. The molecule has 6 nitrogen and oxygen atoms in total. The number of ether oxygens (including phenoxy) is 2. The molecule has 0 aliphatic carbocycles. The predicted octanol–water partition coefficient (Wildman–Crippen LogP) is 6.98. The Balaban J connectivity index is 1.15. The normalized spacial score (nSPS) is 12.3. The number of hydrogen-bond donors (Lipinski definition) is 1. The number of aromatic nitrogens is 1. The summed E-state index contributed by atoms with van der Waals surface area (Å²) in [5, 5.41) is 4.06. The summed E-state index contributed by atoms with van der Waals surface area (Å²) in [5.41, 5.74) is 4.42. The summed E-state index contributed by atoms with van der Waals surface area (Å²) < 4.78 is 11.2. The Morgan fingerprint density at radius 1 is 0.838 bits per heavy atom. The van der Waals surface area contributed by atoms with E-state index in [9.17, 15) is 4.79 Å². The maximum absolute atomic E-state index is 12.8. The van der Waals surface area contributed by atoms with E-state index in [4.69, 9.17) is 14.5 Å². The van der Waals surface area contributed by atoms with E-state index >= 15 is 0 Å². The highest BCUT2D eigenvalue weighted by atomic mass is 16.5. The van der Waals surface area contributed by atoms with Gasteiger partial charge in [0.05, 0.1) is 12.6 Å². The highest BCUT2D eigenvalue weighted by Gasteiger charge is 2.23. The van der Waals surface area contributed by atoms with Gasteiger partial charge in [-0.3, -0.25) is 4.79 Å². The third kappa shape index (κ3) is 4.69. The summed E-state index contributed by atoms with van der Waals surface area (Å²) in [7, 11) is 1.66. The van der Waals surface area contributed by atoms with Crippen molar-refractivity contribution in [2.75, 3.05) is 23.9 Å². The van der Waals surface area contributed by atoms with E-state index in [0.717, 1.165) is 46.9 Å². The average molecular weight is 488 g/mol. The molecular formula is C31H25N3O3. The van der Waals surface area contributed by atoms with Crippen molar-refractivity contribution in [3.8, 4) is 17.2 Å². The van der Waals surface area contributed by atoms with E-state index < -0.39 is 0 Å². The molecular weight excluding hydrogens is 462 g/mol. The molecule has 1 aliphatic rings. The van der Waals surface area contributed by atoms with E-state index in [2.05, 4.69) is 16.3 Å². The number of hydrogen-bond acceptors (Lipinski definition) is 5. The zero-order chi connectivity index (χ0) is 25.2. The molecule has 6 rings (SSSR count). The molecule has 1 amide bonds. The predicted molar refractivity (Wildman–Crippen MR) is 146 cm³/mol. The SMILES string of the molecule is COc1ccc2cc3c(nc2c1)N(c1ccc(C(=O)Nc2ccc(Oc4ccccc4)cc2)cc1)CC3. The van der Waals surface area contributed by atoms with Gasteiger partial charge in [-0.05, 0) is 90.8 Å². The van der Waals surface area contributed by atoms with Crippen molar-refractivity contribution in [1.29, 1.82) is 0 Å². The van der Waals surface area contributed by atoms with E-state index in [0.29, 0.717) is 17.0 Å². The molecule has 0 bridgehead atoms. The van der Waals surface area contributed by atoms with Gasteiger partial charge < -0.3 is 19.7 Å². The fourth-order valence-corrected chi connectivity index (χ4v) is 4.54. The van der Waals surface area contributed by atoms with Crippen molar-refractivity contribution in [2.45, 2.75) is 6.42 Å². The Labute approximate surface area is 215 Å². The molecule has 4 aromatic carbocycles. The quantitative estimate of drug-likeness (QED) is 0.280. The van der Waals surface area contributed by atoms with E-state index in [1.54, 1.807) is 7.11 Å². The summed E-state index contributed by atoms with van der Waals surface area (Å²) in [6.45, 7) is 0.846. The van der Waals surface area contributed by atoms with Crippen LogP contribution >= 0.6 is 0 Å². The molecule has 182 valence electrons. The molecule has 0 radical (unpaired) electrons. The average Bonchev–Trinajstić information content (AvgIpc) is 3.36. The van der Waals surface area contributed by atoms with Crippen LogP contribution in [-0.4, -0.2) is 24.5 Å². The zero-order valence-corrected chi connectivity index (χ0v) is 20.3. The molecule has 0 saturated heterocycles. The number of pyridine rings is 1. The summed E-state index contributed by atoms with van der Waals surface area (Å²) in [6, 6.07) is 32.7. The minimum absolute atomic E-state index is 0.165. The topological polar surface area (TPSA) is 63.7 Å². The van der Waals surface area contributed by atoms with Crippen LogP contribution in [0.15, 0.2) is 103 Å². The lowest BCUT2D eigenvalue weighted by Crippen LogP contribution is -2.15. The first-order chi connectivity index (χ1) is 18.2. The fraction of sp³-hybridized carbons (Fsp3) is 0.0968. The van der Waals surface area contributed by atoms with Gasteiger partial charge in [-0.25, -0.2) is 4.98 Å². The monoisotopic (exact) mass is 487 g/mol. The van der Waals surface area contributed by atoms with Crippen LogP contribution in [-0.2, 0) is 6.42 Å². The van der Waals surface area contributed by atoms with Gasteiger partial charge in [-0.15, -0.1) is 0 Å². The first kappa shape index (κ1) is 22.6. The maximum Gasteiger partial charge on any atom is 0.255 e. The van der Waals surface area contributed by atoms with Gasteiger partial charge in [0.2, 0.25) is 0 Å². The molecule has 1 N–H and O–H groups in total. The number of anilines is 3. The van der Waals surface area contributed by atoms with Gasteiger partial charge in [-0.1, -0.05) is 18.2 Å². The molecule has 0 unspecified atom stereocenters. The second kappa shape index (κ2) is 9.66. The molecule has 5 aromatic rings. The minimum atomic E-state index is -0.165. The molecule has 0 fully saturated rings. The standard InChI is InChI=1S/C31H25N3O3/c1-36-28-14-9-22-19-23-17-18-34(30(23)33-29(22)20-28)25-12-7-21(8-13-25)31(35)32-24-10-15-27(16-11-24)37-26-5-3-2-4-6-26/h2-16,19-20H,17-18H2,1H3,(H,32,35). The molecule has 1 aromatic heterocycles. The highest BCUT2D eigenvalue weighted by molar-refractivity contribution is 6.04. The van der Waals surface area contributed by atoms with Crippen molar-refractivity contribution in [3.63, 3.8) is 0 Å². The summed E-state index contributed by atoms with van der Waals surface area (Å²) in [4.78, 5) is 20.0. The van der Waals surface area contributed by atoms with Crippen LogP contribution in [0.5, 0.6) is 17.2 Å². The van der Waals surface area contributed by atoms with Crippen molar-refractivity contribution < 1.29 is 14.3 Å². The number of fused-ring (bicyclic) bond motifs is 2. The van der Waals surface area contributed by atoms with E-state index in [-0.39, 0.29) is 5.91 Å². The minimum Gasteiger partial charge on any atom is -0.497 e. The van der Waals surface area contributed by atoms with Gasteiger partial charge in [0.25, 0.3) is 5.91 Å². The van der Waals surface area contributed by atoms with Gasteiger partial charge in [0, 0.05) is 34.9 Å². The van der Waals surface area contributed by atoms with Crippen LogP contribution in [0.2, 0.25) is 0 Å². The van der Waals surface area contributed by atoms with Crippen molar-refractivity contribution in [1.82, 2.24) is 4.98 Å². The number of nitrogens with one attached hydrogen (secondary N) is 1. The van der Waals surface area contributed by atoms with Crippen molar-refractivity contribution in [3.05, 3.63) is 114 Å². The summed E-state index contributed by atoms with van der Waals surface area (Å²) in [6.07, 6.45) is 0.927. The Morgan fingerprint density at radius 3 is 2.32 bits per heavy atom. The Morgan fingerprint density at radius 2 is 1.57 bits per heavy atom. The van der Waals surface area contributed by atoms with Crippen LogP contribution in [0.25, 0.3) is 10.9 Å². The van der Waals surface area contributed by atoms with Gasteiger partial charge in [-0.2, -0.15) is 0 Å². The lowest BCUT2D eigenvalue weighted by Gasteiger charge is -2.19. The van der Waals surface area contributed by atoms with E-state index in [1.807, 2.05) is 97.1 Å². The van der Waals surface area contributed by atoms with Crippen LogP contribution < -0.4 is 19.7 Å². The van der Waals surface area contributed by atoms with Crippen molar-refractivity contribution in [2.24, 2.45) is 0 Å². The van der Waals surface area contributed by atoms with Crippen LogP contribution in [0.1, 0.15) is 15.9 Å². The smallest absolute Gasteiger partial charge is 0.255 e. The number of rotatable bonds is 6. The molecule has 0 saturated carbocycles. The lowest BCUT2D eigenvalue weighted by atomic mass is 10.1. The molecule has 37 heavy (non-hydrogen) atoms. The highest BCUT2D eigenvalue weighted by Crippen LogP contribution is 2.35. The van der Waals surface area contributed by atoms with Crippen LogP contribution in [0.3, 0.4) is 0 Å². The van der Waals surface area contributed by atoms with E-state index in [1.165, 1.54) is 5.56 Å². The molecule has 6 heteroatoms. The number of methoxy groups -OCH3 is 1. The molecule has 0 spiro atoms. The lowest BCUT2D eigenvalue weighted by molar-refractivity contribution is 0.102. The third-order valence-electron chi connectivity index (χ3n) is 6.47. The van der Waals surface area contributed by atoms with Crippen molar-refractivity contribution >= 4 is 34.0 Å². The fourth-order valence-electron chi connectivity index (χ4n) is 4.54. The number of nitrogens with zero attached hydrogens (tertiary/aromatic N) is 2. The molecule has 2 heterocycles. The van der Waals surface area contributed by atoms with Crippen LogP contribution in [0, 0.1) is 0 Å². The van der Waals surface area contributed by atoms with Crippen LogP contribution in [0.4, 0.5) is 17.2 Å². The first-order valence-electron chi connectivity index (χ1n) is 12.2. The second-order valence-corrected chi connectivity index (χ2v) is 8.87. The molecule has 0 atom stereocenters. The number of carbonyl (C=O) groups excluding carboxylic acids is 1. The Bertz CT molecular complexity index is 1570. The van der Waals surface area contributed by atoms with Gasteiger partial charge >= 0.3 is 0 Å². The summed E-state index contributed by atoms with van der Waals surface area (Å²) in [5.74, 6) is 3.05. The first-order valence-corrected chi connectivity index (χ1v) is 12.2.